The molecule has 0 aromatic heterocycles. The van der Waals surface area contributed by atoms with Crippen molar-refractivity contribution in [2.24, 2.45) is 5.84 Å². The summed E-state index contributed by atoms with van der Waals surface area (Å²) in [4.78, 5) is 10.6. The summed E-state index contributed by atoms with van der Waals surface area (Å²) in [5.41, 5.74) is 2.35. The van der Waals surface area contributed by atoms with E-state index in [1.807, 2.05) is 6.92 Å². The Morgan fingerprint density at radius 2 is 2.00 bits per heavy atom. The molecule has 0 aliphatic carbocycles. The molecule has 3 N–H and O–H groups in total. The summed E-state index contributed by atoms with van der Waals surface area (Å²) in [6.07, 6.45) is 0. The number of nitrogens with two attached hydrogens (primary N) is 1. The molecule has 0 atom stereocenters. The van der Waals surface area contributed by atoms with E-state index >= 15 is 0 Å². The summed E-state index contributed by atoms with van der Waals surface area (Å²) in [5.74, 6) is 2.90. The molecule has 0 spiro atoms. The monoisotopic (exact) mass is 216 g/mol. The van der Waals surface area contributed by atoms with Crippen LogP contribution in [0.4, 0.5) is 8.78 Å². The highest BCUT2D eigenvalue weighted by atomic mass is 19.1. The van der Waals surface area contributed by atoms with Crippen molar-refractivity contribution in [3.05, 3.63) is 35.4 Å². The van der Waals surface area contributed by atoms with Gasteiger partial charge in [0.15, 0.2) is 5.78 Å². The molecule has 5 heteroatoms. The smallest absolute Gasteiger partial charge is 0.162 e. The summed E-state index contributed by atoms with van der Waals surface area (Å²) in [7, 11) is 0. The van der Waals surface area contributed by atoms with Crippen LogP contribution in [0.1, 0.15) is 24.2 Å². The maximum atomic E-state index is 12.6. The predicted octanol–water partition coefficient (Wildman–Crippen LogP) is 1.64. The van der Waals surface area contributed by atoms with Gasteiger partial charge in [-0.3, -0.25) is 16.1 Å². The SMILES string of the molecule is CC(=O)c1ccc(F)cc1F.CCNN. The molecule has 0 amide bonds. The summed E-state index contributed by atoms with van der Waals surface area (Å²) >= 11 is 0. The summed E-state index contributed by atoms with van der Waals surface area (Å²) in [5, 5.41) is 0. The maximum Gasteiger partial charge on any atom is 0.162 e. The second kappa shape index (κ2) is 7.03. The first-order chi connectivity index (χ1) is 7.02. The van der Waals surface area contributed by atoms with Gasteiger partial charge in [0.25, 0.3) is 0 Å². The Morgan fingerprint density at radius 3 is 2.33 bits per heavy atom. The maximum absolute atomic E-state index is 12.6. The van der Waals surface area contributed by atoms with Gasteiger partial charge in [-0.05, 0) is 19.1 Å². The quantitative estimate of drug-likeness (QED) is 0.449. The summed E-state index contributed by atoms with van der Waals surface area (Å²) < 4.78 is 24.9. The predicted molar refractivity (Wildman–Crippen MR) is 54.2 cm³/mol. The standard InChI is InChI=1S/C8H6F2O.C2H8N2/c1-5(11)7-3-2-6(9)4-8(7)10;1-2-4-3/h2-4H,1H3;4H,2-3H2,1H3. The van der Waals surface area contributed by atoms with Crippen LogP contribution in [0.5, 0.6) is 0 Å². The van der Waals surface area contributed by atoms with E-state index in [0.29, 0.717) is 6.07 Å². The number of carbonyl (C=O) groups is 1. The lowest BCUT2D eigenvalue weighted by Gasteiger charge is -1.96. The van der Waals surface area contributed by atoms with E-state index in [4.69, 9.17) is 5.84 Å². The highest BCUT2D eigenvalue weighted by Crippen LogP contribution is 2.09. The highest BCUT2D eigenvalue weighted by Gasteiger charge is 2.06. The third-order valence-electron chi connectivity index (χ3n) is 1.51. The van der Waals surface area contributed by atoms with Crippen molar-refractivity contribution in [1.82, 2.24) is 5.43 Å². The summed E-state index contributed by atoms with van der Waals surface area (Å²) in [6.45, 7) is 4.02. The minimum Gasteiger partial charge on any atom is -0.294 e. The number of carbonyl (C=O) groups excluding carboxylic acids is 1. The van der Waals surface area contributed by atoms with Gasteiger partial charge in [-0.15, -0.1) is 0 Å². The van der Waals surface area contributed by atoms with Crippen molar-refractivity contribution in [1.29, 1.82) is 0 Å². The zero-order chi connectivity index (χ0) is 11.8. The van der Waals surface area contributed by atoms with Crippen LogP contribution >= 0.6 is 0 Å². The number of benzene rings is 1. The number of hydrogen-bond donors (Lipinski definition) is 2. The van der Waals surface area contributed by atoms with Crippen LogP contribution in [-0.4, -0.2) is 12.3 Å². The van der Waals surface area contributed by atoms with E-state index in [1.54, 1.807) is 0 Å². The fraction of sp³-hybridized carbons (Fsp3) is 0.300. The molecule has 1 aromatic rings. The Kier molecular flexibility index (Phi) is 6.40. The number of hydrogen-bond acceptors (Lipinski definition) is 3. The lowest BCUT2D eigenvalue weighted by atomic mass is 10.1. The molecule has 84 valence electrons. The second-order valence-electron chi connectivity index (χ2n) is 2.74. The van der Waals surface area contributed by atoms with Crippen LogP contribution < -0.4 is 11.3 Å². The van der Waals surface area contributed by atoms with Crippen molar-refractivity contribution >= 4 is 5.78 Å². The Morgan fingerprint density at radius 1 is 1.47 bits per heavy atom. The Balaban J connectivity index is 0.000000423. The normalized spacial score (nSPS) is 9.13. The minimum absolute atomic E-state index is 0.0774. The van der Waals surface area contributed by atoms with Gasteiger partial charge >= 0.3 is 0 Å². The number of rotatable bonds is 2. The largest absolute Gasteiger partial charge is 0.294 e. The van der Waals surface area contributed by atoms with E-state index in [1.165, 1.54) is 6.92 Å². The molecular weight excluding hydrogens is 202 g/mol. The second-order valence-corrected chi connectivity index (χ2v) is 2.74. The van der Waals surface area contributed by atoms with Crippen LogP contribution in [-0.2, 0) is 0 Å². The molecule has 3 nitrogen and oxygen atoms in total. The van der Waals surface area contributed by atoms with Crippen molar-refractivity contribution < 1.29 is 13.6 Å². The Labute approximate surface area is 87.2 Å². The first kappa shape index (κ1) is 13.7. The molecule has 0 saturated heterocycles. The van der Waals surface area contributed by atoms with E-state index in [0.717, 1.165) is 18.7 Å². The van der Waals surface area contributed by atoms with Crippen molar-refractivity contribution in [3.8, 4) is 0 Å². The number of ketones is 1. The van der Waals surface area contributed by atoms with Gasteiger partial charge in [0.1, 0.15) is 11.6 Å². The topological polar surface area (TPSA) is 55.1 Å². The van der Waals surface area contributed by atoms with Gasteiger partial charge in [-0.2, -0.15) is 0 Å². The molecule has 0 unspecified atom stereocenters. The average molecular weight is 216 g/mol. The number of nitrogens with one attached hydrogen (secondary N) is 1. The van der Waals surface area contributed by atoms with Crippen molar-refractivity contribution in [2.45, 2.75) is 13.8 Å². The molecular formula is C10H14F2N2O. The Bertz CT molecular complexity index is 327. The first-order valence-electron chi connectivity index (χ1n) is 4.42. The zero-order valence-electron chi connectivity index (χ0n) is 8.68. The van der Waals surface area contributed by atoms with Crippen molar-refractivity contribution in [3.63, 3.8) is 0 Å². The van der Waals surface area contributed by atoms with E-state index in [2.05, 4.69) is 5.43 Å². The van der Waals surface area contributed by atoms with Gasteiger partial charge in [0.05, 0.1) is 5.56 Å². The number of hydrazine groups is 1. The third-order valence-corrected chi connectivity index (χ3v) is 1.51. The molecule has 0 radical (unpaired) electrons. The van der Waals surface area contributed by atoms with Gasteiger partial charge in [-0.1, -0.05) is 6.92 Å². The van der Waals surface area contributed by atoms with Crippen LogP contribution in [0.15, 0.2) is 18.2 Å². The molecule has 1 rings (SSSR count). The van der Waals surface area contributed by atoms with Crippen LogP contribution in [0.2, 0.25) is 0 Å². The van der Waals surface area contributed by atoms with Gasteiger partial charge in [0, 0.05) is 12.6 Å². The first-order valence-corrected chi connectivity index (χ1v) is 4.42. The molecule has 0 heterocycles. The molecule has 1 aromatic carbocycles. The fourth-order valence-electron chi connectivity index (χ4n) is 0.775. The van der Waals surface area contributed by atoms with Gasteiger partial charge in [0.2, 0.25) is 0 Å². The molecule has 15 heavy (non-hydrogen) atoms. The van der Waals surface area contributed by atoms with E-state index < -0.39 is 17.4 Å². The van der Waals surface area contributed by atoms with Gasteiger partial charge < -0.3 is 0 Å². The molecule has 0 aliphatic heterocycles. The minimum atomic E-state index is -0.808. The fourth-order valence-corrected chi connectivity index (χ4v) is 0.775. The molecule has 0 saturated carbocycles. The van der Waals surface area contributed by atoms with Crippen LogP contribution in [0.25, 0.3) is 0 Å². The molecule has 0 fully saturated rings. The van der Waals surface area contributed by atoms with Gasteiger partial charge in [-0.25, -0.2) is 8.78 Å². The number of Topliss-reactive ketones (excluding diaryl/α,β-unsaturated/α-hetero) is 1. The number of halogens is 2. The highest BCUT2D eigenvalue weighted by molar-refractivity contribution is 5.94. The van der Waals surface area contributed by atoms with E-state index in [9.17, 15) is 13.6 Å². The van der Waals surface area contributed by atoms with Crippen LogP contribution in [0, 0.1) is 11.6 Å². The van der Waals surface area contributed by atoms with E-state index in [-0.39, 0.29) is 5.56 Å². The lowest BCUT2D eigenvalue weighted by Crippen LogP contribution is -2.20. The Hall–Kier alpha value is -1.33. The lowest BCUT2D eigenvalue weighted by molar-refractivity contribution is 0.101. The van der Waals surface area contributed by atoms with Crippen LogP contribution in [0.3, 0.4) is 0 Å². The average Bonchev–Trinajstić information content (AvgIpc) is 2.17. The summed E-state index contributed by atoms with van der Waals surface area (Å²) in [6, 6.07) is 2.88. The molecule has 0 aliphatic rings. The van der Waals surface area contributed by atoms with Crippen molar-refractivity contribution in [2.75, 3.05) is 6.54 Å². The molecule has 0 bridgehead atoms. The zero-order valence-corrected chi connectivity index (χ0v) is 8.68. The third kappa shape index (κ3) is 5.19.